The summed E-state index contributed by atoms with van der Waals surface area (Å²) in [7, 11) is 0. The summed E-state index contributed by atoms with van der Waals surface area (Å²) in [6.45, 7) is 5.67. The summed E-state index contributed by atoms with van der Waals surface area (Å²) >= 11 is 3.33. The number of unbranched alkanes of at least 4 members (excludes halogenated alkanes) is 1. The quantitative estimate of drug-likeness (QED) is 0.766. The van der Waals surface area contributed by atoms with Gasteiger partial charge in [-0.15, -0.1) is 0 Å². The van der Waals surface area contributed by atoms with Gasteiger partial charge in [-0.2, -0.15) is 5.10 Å². The Kier molecular flexibility index (Phi) is 7.09. The summed E-state index contributed by atoms with van der Waals surface area (Å²) in [6, 6.07) is 0. The lowest BCUT2D eigenvalue weighted by molar-refractivity contribution is 0.266. The first-order valence-electron chi connectivity index (χ1n) is 6.70. The topological polar surface area (TPSA) is 67.2 Å². The zero-order valence-corrected chi connectivity index (χ0v) is 13.1. The van der Waals surface area contributed by atoms with E-state index >= 15 is 0 Å². The van der Waals surface area contributed by atoms with E-state index < -0.39 is 0 Å². The highest BCUT2D eigenvalue weighted by Gasteiger charge is 2.09. The van der Waals surface area contributed by atoms with Crippen LogP contribution in [0, 0.1) is 5.92 Å². The van der Waals surface area contributed by atoms with Crippen molar-refractivity contribution in [2.75, 3.05) is 18.5 Å². The molecular formula is C13H22BrN3O2. The third kappa shape index (κ3) is 4.95. The second kappa shape index (κ2) is 8.32. The normalized spacial score (nSPS) is 12.4. The molecule has 0 aromatic carbocycles. The molecule has 19 heavy (non-hydrogen) atoms. The molecule has 0 saturated heterocycles. The maximum atomic E-state index is 12.0. The average Bonchev–Trinajstić information content (AvgIpc) is 2.40. The summed E-state index contributed by atoms with van der Waals surface area (Å²) in [4.78, 5) is 12.0. The minimum absolute atomic E-state index is 0.103. The molecule has 0 aliphatic rings. The molecule has 0 radical (unpaired) electrons. The average molecular weight is 332 g/mol. The molecule has 0 spiro atoms. The molecule has 1 aromatic rings. The Labute approximate surface area is 122 Å². The van der Waals surface area contributed by atoms with Crippen molar-refractivity contribution in [3.05, 3.63) is 21.0 Å². The predicted octanol–water partition coefficient (Wildman–Crippen LogP) is 2.24. The van der Waals surface area contributed by atoms with E-state index in [1.54, 1.807) is 6.20 Å². The van der Waals surface area contributed by atoms with Gasteiger partial charge in [-0.3, -0.25) is 4.79 Å². The van der Waals surface area contributed by atoms with Gasteiger partial charge in [-0.1, -0.05) is 20.3 Å². The van der Waals surface area contributed by atoms with Crippen molar-refractivity contribution >= 4 is 21.6 Å². The van der Waals surface area contributed by atoms with Crippen LogP contribution in [0.4, 0.5) is 5.69 Å². The number of nitrogens with zero attached hydrogens (tertiary/aromatic N) is 2. The minimum atomic E-state index is -0.103. The van der Waals surface area contributed by atoms with Crippen LogP contribution in [0.5, 0.6) is 0 Å². The van der Waals surface area contributed by atoms with Crippen LogP contribution < -0.4 is 10.9 Å². The standard InChI is InChI=1S/C13H22BrN3O2/c1-3-4-6-17-13(19)12(14)11(9-16-17)15-8-10(2)5-7-18/h9-10,15,18H,3-8H2,1-2H3. The van der Waals surface area contributed by atoms with Gasteiger partial charge in [0.05, 0.1) is 11.9 Å². The SMILES string of the molecule is CCCCn1ncc(NCC(C)CCO)c(Br)c1=O. The van der Waals surface area contributed by atoms with Crippen LogP contribution in [0.1, 0.15) is 33.1 Å². The van der Waals surface area contributed by atoms with Crippen LogP contribution in [0.3, 0.4) is 0 Å². The van der Waals surface area contributed by atoms with Crippen molar-refractivity contribution in [1.82, 2.24) is 9.78 Å². The van der Waals surface area contributed by atoms with Gasteiger partial charge >= 0.3 is 0 Å². The van der Waals surface area contributed by atoms with E-state index in [0.717, 1.165) is 19.3 Å². The molecule has 0 aliphatic heterocycles. The van der Waals surface area contributed by atoms with E-state index in [9.17, 15) is 4.79 Å². The van der Waals surface area contributed by atoms with Gasteiger partial charge in [0.15, 0.2) is 0 Å². The first kappa shape index (κ1) is 16.2. The fourth-order valence-electron chi connectivity index (χ4n) is 1.66. The Morgan fingerprint density at radius 2 is 2.32 bits per heavy atom. The molecule has 0 amide bonds. The van der Waals surface area contributed by atoms with Gasteiger partial charge in [0.1, 0.15) is 4.47 Å². The molecule has 0 fully saturated rings. The lowest BCUT2D eigenvalue weighted by Gasteiger charge is -2.14. The smallest absolute Gasteiger partial charge is 0.283 e. The molecule has 1 unspecified atom stereocenters. The Morgan fingerprint density at radius 3 is 2.95 bits per heavy atom. The number of halogens is 1. The Balaban J connectivity index is 2.71. The highest BCUT2D eigenvalue weighted by molar-refractivity contribution is 9.10. The Bertz CT molecular complexity index is 448. The number of aromatic nitrogens is 2. The molecule has 0 bridgehead atoms. The molecule has 1 rings (SSSR count). The van der Waals surface area contributed by atoms with Gasteiger partial charge in [-0.05, 0) is 34.7 Å². The zero-order chi connectivity index (χ0) is 14.3. The van der Waals surface area contributed by atoms with Crippen LogP contribution in [-0.4, -0.2) is 28.0 Å². The third-order valence-electron chi connectivity index (χ3n) is 2.97. The highest BCUT2D eigenvalue weighted by Crippen LogP contribution is 2.17. The van der Waals surface area contributed by atoms with Gasteiger partial charge in [0, 0.05) is 19.7 Å². The third-order valence-corrected chi connectivity index (χ3v) is 3.74. The number of anilines is 1. The second-order valence-electron chi connectivity index (χ2n) is 4.75. The van der Waals surface area contributed by atoms with Crippen molar-refractivity contribution < 1.29 is 5.11 Å². The van der Waals surface area contributed by atoms with Gasteiger partial charge in [0.2, 0.25) is 0 Å². The minimum Gasteiger partial charge on any atom is -0.396 e. The highest BCUT2D eigenvalue weighted by atomic mass is 79.9. The van der Waals surface area contributed by atoms with E-state index in [-0.39, 0.29) is 12.2 Å². The fraction of sp³-hybridized carbons (Fsp3) is 0.692. The van der Waals surface area contributed by atoms with Crippen LogP contribution in [0.2, 0.25) is 0 Å². The van der Waals surface area contributed by atoms with Gasteiger partial charge < -0.3 is 10.4 Å². The first-order valence-corrected chi connectivity index (χ1v) is 7.49. The van der Waals surface area contributed by atoms with Crippen molar-refractivity contribution in [2.45, 2.75) is 39.7 Å². The molecule has 0 saturated carbocycles. The number of hydrogen-bond acceptors (Lipinski definition) is 4. The molecule has 108 valence electrons. The number of aliphatic hydroxyl groups is 1. The molecule has 1 heterocycles. The molecule has 1 aromatic heterocycles. The molecule has 0 aliphatic carbocycles. The molecule has 1 atom stereocenters. The maximum Gasteiger partial charge on any atom is 0.283 e. The molecule has 2 N–H and O–H groups in total. The van der Waals surface area contributed by atoms with Crippen LogP contribution >= 0.6 is 15.9 Å². The lowest BCUT2D eigenvalue weighted by Crippen LogP contribution is -2.25. The van der Waals surface area contributed by atoms with Crippen molar-refractivity contribution in [3.8, 4) is 0 Å². The van der Waals surface area contributed by atoms with Crippen molar-refractivity contribution in [3.63, 3.8) is 0 Å². The van der Waals surface area contributed by atoms with E-state index in [1.165, 1.54) is 4.68 Å². The number of aryl methyl sites for hydroxylation is 1. The lowest BCUT2D eigenvalue weighted by atomic mass is 10.1. The summed E-state index contributed by atoms with van der Waals surface area (Å²) in [6.07, 6.45) is 4.39. The zero-order valence-electron chi connectivity index (χ0n) is 11.5. The number of nitrogens with one attached hydrogen (secondary N) is 1. The Hall–Kier alpha value is -0.880. The molecular weight excluding hydrogens is 310 g/mol. The Morgan fingerprint density at radius 1 is 1.58 bits per heavy atom. The maximum absolute atomic E-state index is 12.0. The predicted molar refractivity (Wildman–Crippen MR) is 80.5 cm³/mol. The first-order chi connectivity index (χ1) is 9.10. The second-order valence-corrected chi connectivity index (χ2v) is 5.55. The largest absolute Gasteiger partial charge is 0.396 e. The van der Waals surface area contributed by atoms with Crippen LogP contribution in [0.25, 0.3) is 0 Å². The summed E-state index contributed by atoms with van der Waals surface area (Å²) in [5, 5.41) is 16.2. The van der Waals surface area contributed by atoms with E-state index in [4.69, 9.17) is 5.11 Å². The number of hydrogen-bond donors (Lipinski definition) is 2. The van der Waals surface area contributed by atoms with Crippen LogP contribution in [-0.2, 0) is 6.54 Å². The molecule has 5 nitrogen and oxygen atoms in total. The van der Waals surface area contributed by atoms with Crippen LogP contribution in [0.15, 0.2) is 15.5 Å². The van der Waals surface area contributed by atoms with Gasteiger partial charge in [0.25, 0.3) is 5.56 Å². The summed E-state index contributed by atoms with van der Waals surface area (Å²) in [5.41, 5.74) is 0.607. The van der Waals surface area contributed by atoms with E-state index in [1.807, 2.05) is 6.92 Å². The van der Waals surface area contributed by atoms with Gasteiger partial charge in [-0.25, -0.2) is 4.68 Å². The van der Waals surface area contributed by atoms with Crippen molar-refractivity contribution in [1.29, 1.82) is 0 Å². The monoisotopic (exact) mass is 331 g/mol. The number of aliphatic hydroxyl groups excluding tert-OH is 1. The van der Waals surface area contributed by atoms with E-state index in [0.29, 0.717) is 29.2 Å². The summed E-state index contributed by atoms with van der Waals surface area (Å²) < 4.78 is 2.01. The summed E-state index contributed by atoms with van der Waals surface area (Å²) in [5.74, 6) is 0.347. The number of rotatable bonds is 8. The van der Waals surface area contributed by atoms with E-state index in [2.05, 4.69) is 33.3 Å². The molecule has 6 heteroatoms. The van der Waals surface area contributed by atoms with Crippen molar-refractivity contribution in [2.24, 2.45) is 5.92 Å². The fourth-order valence-corrected chi connectivity index (χ4v) is 2.11.